The molecule has 0 aromatic carbocycles. The number of carbonyl (C=O) groups is 1. The Morgan fingerprint density at radius 1 is 1.29 bits per heavy atom. The summed E-state index contributed by atoms with van der Waals surface area (Å²) in [6.45, 7) is 6.19. The highest BCUT2D eigenvalue weighted by molar-refractivity contribution is 7.09. The second-order valence-electron chi connectivity index (χ2n) is 4.77. The summed E-state index contributed by atoms with van der Waals surface area (Å²) in [7, 11) is 0. The summed E-state index contributed by atoms with van der Waals surface area (Å²) in [5.41, 5.74) is 8.96. The van der Waals surface area contributed by atoms with E-state index in [2.05, 4.69) is 27.2 Å². The minimum atomic E-state index is -0.0668. The van der Waals surface area contributed by atoms with Crippen LogP contribution in [-0.2, 0) is 24.2 Å². The van der Waals surface area contributed by atoms with Crippen molar-refractivity contribution in [1.29, 1.82) is 0 Å². The highest BCUT2D eigenvalue weighted by Crippen LogP contribution is 2.13. The van der Waals surface area contributed by atoms with Crippen LogP contribution in [0.25, 0.3) is 0 Å². The van der Waals surface area contributed by atoms with Gasteiger partial charge >= 0.3 is 0 Å². The van der Waals surface area contributed by atoms with Crippen LogP contribution in [0.5, 0.6) is 0 Å². The summed E-state index contributed by atoms with van der Waals surface area (Å²) < 4.78 is 0. The van der Waals surface area contributed by atoms with Gasteiger partial charge in [0.2, 0.25) is 11.9 Å². The van der Waals surface area contributed by atoms with Gasteiger partial charge in [0, 0.05) is 22.3 Å². The number of nitrogens with zero attached hydrogens (tertiary/aromatic N) is 3. The van der Waals surface area contributed by atoms with Crippen LogP contribution >= 0.6 is 11.3 Å². The molecule has 7 heteroatoms. The molecule has 0 saturated heterocycles. The fraction of sp³-hybridized carbons (Fsp3) is 0.429. The average Bonchev–Trinajstić information content (AvgIpc) is 2.88. The molecule has 0 saturated carbocycles. The highest BCUT2D eigenvalue weighted by atomic mass is 32.1. The van der Waals surface area contributed by atoms with Crippen LogP contribution in [0, 0.1) is 13.8 Å². The third-order valence-electron chi connectivity index (χ3n) is 3.17. The molecule has 0 aliphatic rings. The lowest BCUT2D eigenvalue weighted by atomic mass is 10.1. The molecule has 6 nitrogen and oxygen atoms in total. The fourth-order valence-electron chi connectivity index (χ4n) is 2.01. The largest absolute Gasteiger partial charge is 0.368 e. The van der Waals surface area contributed by atoms with Gasteiger partial charge < -0.3 is 11.1 Å². The van der Waals surface area contributed by atoms with E-state index in [-0.39, 0.29) is 18.3 Å². The number of nitrogens with two attached hydrogens (primary N) is 1. The number of amides is 1. The minimum Gasteiger partial charge on any atom is -0.368 e. The van der Waals surface area contributed by atoms with E-state index < -0.39 is 0 Å². The van der Waals surface area contributed by atoms with Gasteiger partial charge in [-0.3, -0.25) is 4.79 Å². The first kappa shape index (κ1) is 15.4. The summed E-state index contributed by atoms with van der Waals surface area (Å²) in [5, 5.41) is 5.81. The van der Waals surface area contributed by atoms with Gasteiger partial charge in [0.05, 0.1) is 18.7 Å². The highest BCUT2D eigenvalue weighted by Gasteiger charge is 2.12. The van der Waals surface area contributed by atoms with Crippen LogP contribution in [0.3, 0.4) is 0 Å². The van der Waals surface area contributed by atoms with Crippen molar-refractivity contribution in [2.24, 2.45) is 0 Å². The third-order valence-corrected chi connectivity index (χ3v) is 4.07. The van der Waals surface area contributed by atoms with Crippen molar-refractivity contribution in [3.05, 3.63) is 33.0 Å². The molecule has 0 radical (unpaired) electrons. The van der Waals surface area contributed by atoms with E-state index >= 15 is 0 Å². The summed E-state index contributed by atoms with van der Waals surface area (Å²) in [4.78, 5) is 24.6. The number of rotatable bonds is 5. The molecule has 0 unspecified atom stereocenters. The molecule has 0 fully saturated rings. The smallest absolute Gasteiger partial charge is 0.224 e. The maximum atomic E-state index is 12.0. The van der Waals surface area contributed by atoms with E-state index in [4.69, 9.17) is 5.73 Å². The molecular formula is C14H19N5OS. The molecule has 0 aliphatic heterocycles. The number of anilines is 1. The van der Waals surface area contributed by atoms with Crippen LogP contribution in [0.15, 0.2) is 5.38 Å². The number of nitrogens with one attached hydrogen (secondary N) is 1. The van der Waals surface area contributed by atoms with Crippen molar-refractivity contribution in [1.82, 2.24) is 20.3 Å². The molecule has 0 bridgehead atoms. The molecule has 0 aliphatic carbocycles. The van der Waals surface area contributed by atoms with Gasteiger partial charge in [-0.1, -0.05) is 6.92 Å². The SMILES string of the molecule is CCc1csc(CNC(=O)Cc2c(C)nc(N)nc2C)n1. The molecule has 112 valence electrons. The van der Waals surface area contributed by atoms with Crippen LogP contribution in [0.2, 0.25) is 0 Å². The summed E-state index contributed by atoms with van der Waals surface area (Å²) in [6, 6.07) is 0. The Hall–Kier alpha value is -2.02. The standard InChI is InChI=1S/C14H19N5OS/c1-4-10-7-21-13(19-10)6-16-12(20)5-11-8(2)17-14(15)18-9(11)3/h7H,4-6H2,1-3H3,(H,16,20)(H2,15,17,18). The topological polar surface area (TPSA) is 93.8 Å². The molecule has 2 aromatic rings. The number of carbonyl (C=O) groups excluding carboxylic acids is 1. The van der Waals surface area contributed by atoms with Crippen molar-refractivity contribution in [3.8, 4) is 0 Å². The Morgan fingerprint density at radius 2 is 1.95 bits per heavy atom. The molecule has 0 atom stereocenters. The number of thiazole rings is 1. The molecule has 2 heterocycles. The zero-order chi connectivity index (χ0) is 15.4. The number of hydrogen-bond donors (Lipinski definition) is 2. The van der Waals surface area contributed by atoms with E-state index in [0.717, 1.165) is 34.1 Å². The maximum absolute atomic E-state index is 12.0. The maximum Gasteiger partial charge on any atom is 0.224 e. The van der Waals surface area contributed by atoms with Crippen LogP contribution < -0.4 is 11.1 Å². The molecule has 2 rings (SSSR count). The molecular weight excluding hydrogens is 286 g/mol. The zero-order valence-corrected chi connectivity index (χ0v) is 13.3. The van der Waals surface area contributed by atoms with E-state index in [1.807, 2.05) is 19.2 Å². The van der Waals surface area contributed by atoms with Crippen LogP contribution in [0.1, 0.15) is 34.6 Å². The first-order chi connectivity index (χ1) is 9.99. The van der Waals surface area contributed by atoms with E-state index in [1.165, 1.54) is 0 Å². The number of aryl methyl sites for hydroxylation is 3. The Labute approximate surface area is 127 Å². The van der Waals surface area contributed by atoms with Crippen molar-refractivity contribution < 1.29 is 4.79 Å². The zero-order valence-electron chi connectivity index (χ0n) is 12.4. The van der Waals surface area contributed by atoms with Gasteiger partial charge in [0.1, 0.15) is 5.01 Å². The van der Waals surface area contributed by atoms with Gasteiger partial charge in [-0.2, -0.15) is 0 Å². The van der Waals surface area contributed by atoms with Gasteiger partial charge in [-0.15, -0.1) is 11.3 Å². The second-order valence-corrected chi connectivity index (χ2v) is 5.71. The van der Waals surface area contributed by atoms with Gasteiger partial charge in [0.15, 0.2) is 0 Å². The predicted molar refractivity (Wildman–Crippen MR) is 83.0 cm³/mol. The molecule has 2 aromatic heterocycles. The molecule has 0 spiro atoms. The second kappa shape index (κ2) is 6.62. The van der Waals surface area contributed by atoms with Gasteiger partial charge in [-0.25, -0.2) is 15.0 Å². The summed E-state index contributed by atoms with van der Waals surface area (Å²) >= 11 is 1.56. The van der Waals surface area contributed by atoms with E-state index in [0.29, 0.717) is 6.54 Å². The average molecular weight is 305 g/mol. The van der Waals surface area contributed by atoms with Crippen molar-refractivity contribution in [2.45, 2.75) is 40.2 Å². The predicted octanol–water partition coefficient (Wildman–Crippen LogP) is 1.55. The Bertz CT molecular complexity index is 630. The Kier molecular flexibility index (Phi) is 4.85. The molecule has 1 amide bonds. The minimum absolute atomic E-state index is 0.0668. The first-order valence-electron chi connectivity index (χ1n) is 6.79. The lowest BCUT2D eigenvalue weighted by Gasteiger charge is -2.09. The van der Waals surface area contributed by atoms with E-state index in [9.17, 15) is 4.79 Å². The van der Waals surface area contributed by atoms with Crippen molar-refractivity contribution >= 4 is 23.2 Å². The number of aromatic nitrogens is 3. The monoisotopic (exact) mass is 305 g/mol. The van der Waals surface area contributed by atoms with Crippen molar-refractivity contribution in [3.63, 3.8) is 0 Å². The summed E-state index contributed by atoms with van der Waals surface area (Å²) in [6.07, 6.45) is 1.16. The van der Waals surface area contributed by atoms with Gasteiger partial charge in [0.25, 0.3) is 0 Å². The number of hydrogen-bond acceptors (Lipinski definition) is 6. The Morgan fingerprint density at radius 3 is 2.52 bits per heavy atom. The summed E-state index contributed by atoms with van der Waals surface area (Å²) in [5.74, 6) is 0.173. The van der Waals surface area contributed by atoms with Gasteiger partial charge in [-0.05, 0) is 20.3 Å². The molecule has 3 N–H and O–H groups in total. The van der Waals surface area contributed by atoms with Crippen molar-refractivity contribution in [2.75, 3.05) is 5.73 Å². The Balaban J connectivity index is 1.96. The molecule has 21 heavy (non-hydrogen) atoms. The number of nitrogen functional groups attached to an aromatic ring is 1. The third kappa shape index (κ3) is 3.98. The lowest BCUT2D eigenvalue weighted by molar-refractivity contribution is -0.120. The normalized spacial score (nSPS) is 10.6. The quantitative estimate of drug-likeness (QED) is 0.874. The van der Waals surface area contributed by atoms with Crippen LogP contribution in [-0.4, -0.2) is 20.9 Å². The lowest BCUT2D eigenvalue weighted by Crippen LogP contribution is -2.25. The van der Waals surface area contributed by atoms with Crippen LogP contribution in [0.4, 0.5) is 5.95 Å². The fourth-order valence-corrected chi connectivity index (χ4v) is 2.83. The first-order valence-corrected chi connectivity index (χ1v) is 7.67. The van der Waals surface area contributed by atoms with E-state index in [1.54, 1.807) is 11.3 Å².